The van der Waals surface area contributed by atoms with Crippen LogP contribution in [-0.4, -0.2) is 39.8 Å². The predicted octanol–water partition coefficient (Wildman–Crippen LogP) is 1.67. The van der Waals surface area contributed by atoms with Gasteiger partial charge in [0.25, 0.3) is 0 Å². The highest BCUT2D eigenvalue weighted by Gasteiger charge is 2.35. The first-order valence-corrected chi connectivity index (χ1v) is 6.43. The molecule has 1 aliphatic rings. The number of aromatic nitrogens is 3. The van der Waals surface area contributed by atoms with E-state index in [4.69, 9.17) is 9.15 Å². The molecule has 0 spiro atoms. The lowest BCUT2D eigenvalue weighted by Gasteiger charge is -2.20. The zero-order chi connectivity index (χ0) is 13.2. The Morgan fingerprint density at radius 1 is 1.53 bits per heavy atom. The fourth-order valence-corrected chi connectivity index (χ4v) is 2.64. The molecule has 19 heavy (non-hydrogen) atoms. The summed E-state index contributed by atoms with van der Waals surface area (Å²) in [6, 6.07) is 4.22. The Hall–Kier alpha value is -1.66. The predicted molar refractivity (Wildman–Crippen MR) is 68.4 cm³/mol. The lowest BCUT2D eigenvalue weighted by atomic mass is 10.2. The van der Waals surface area contributed by atoms with Gasteiger partial charge in [-0.25, -0.2) is 4.98 Å². The molecule has 0 bridgehead atoms. The topological polar surface area (TPSA) is 67.2 Å². The maximum absolute atomic E-state index is 5.65. The summed E-state index contributed by atoms with van der Waals surface area (Å²) in [4.78, 5) is 6.58. The molecule has 3 heterocycles. The van der Waals surface area contributed by atoms with E-state index in [2.05, 4.69) is 20.1 Å². The zero-order valence-electron chi connectivity index (χ0n) is 11.2. The minimum Gasteiger partial charge on any atom is -0.465 e. The standard InChI is InChI=1S/C13H18N4O2/c1-9-3-4-10(19-9)6-17-7-11(18-2)5-12(17)13-14-8-15-16-13/h3-4,8,11-12H,5-7H2,1-2H3,(H,14,15,16)/t11-,12+/m1/s1. The third-order valence-corrected chi connectivity index (χ3v) is 3.60. The molecule has 0 saturated carbocycles. The second-order valence-electron chi connectivity index (χ2n) is 4.92. The zero-order valence-corrected chi connectivity index (χ0v) is 11.2. The SMILES string of the molecule is CO[C@@H]1C[C@@H](c2ncn[nH]2)N(Cc2ccc(C)o2)C1. The fourth-order valence-electron chi connectivity index (χ4n) is 2.64. The molecule has 2 aromatic rings. The highest BCUT2D eigenvalue weighted by molar-refractivity contribution is 5.07. The van der Waals surface area contributed by atoms with E-state index in [1.54, 1.807) is 13.4 Å². The van der Waals surface area contributed by atoms with Crippen LogP contribution < -0.4 is 0 Å². The molecule has 2 aromatic heterocycles. The van der Waals surface area contributed by atoms with Gasteiger partial charge in [-0.3, -0.25) is 10.00 Å². The van der Waals surface area contributed by atoms with Crippen LogP contribution in [0.3, 0.4) is 0 Å². The molecule has 0 unspecified atom stereocenters. The highest BCUT2D eigenvalue weighted by Crippen LogP contribution is 2.32. The number of aromatic amines is 1. The minimum absolute atomic E-state index is 0.206. The number of furan rings is 1. The van der Waals surface area contributed by atoms with Gasteiger partial charge in [0.2, 0.25) is 0 Å². The Morgan fingerprint density at radius 3 is 3.05 bits per heavy atom. The summed E-state index contributed by atoms with van der Waals surface area (Å²) < 4.78 is 11.1. The van der Waals surface area contributed by atoms with E-state index in [1.165, 1.54) is 0 Å². The van der Waals surface area contributed by atoms with Crippen LogP contribution >= 0.6 is 0 Å². The van der Waals surface area contributed by atoms with E-state index in [1.807, 2.05) is 19.1 Å². The van der Waals surface area contributed by atoms with Crippen LogP contribution in [0.4, 0.5) is 0 Å². The van der Waals surface area contributed by atoms with Crippen molar-refractivity contribution in [3.05, 3.63) is 35.8 Å². The molecule has 2 atom stereocenters. The van der Waals surface area contributed by atoms with Gasteiger partial charge in [-0.2, -0.15) is 5.10 Å². The third-order valence-electron chi connectivity index (χ3n) is 3.60. The van der Waals surface area contributed by atoms with Gasteiger partial charge < -0.3 is 9.15 Å². The number of H-pyrrole nitrogens is 1. The number of nitrogens with one attached hydrogen (secondary N) is 1. The number of hydrogen-bond acceptors (Lipinski definition) is 5. The van der Waals surface area contributed by atoms with Crippen molar-refractivity contribution in [1.29, 1.82) is 0 Å². The first-order valence-electron chi connectivity index (χ1n) is 6.43. The fraction of sp³-hybridized carbons (Fsp3) is 0.538. The molecular weight excluding hydrogens is 244 g/mol. The number of methoxy groups -OCH3 is 1. The van der Waals surface area contributed by atoms with Gasteiger partial charge in [0.05, 0.1) is 18.7 Å². The van der Waals surface area contributed by atoms with E-state index in [-0.39, 0.29) is 12.1 Å². The van der Waals surface area contributed by atoms with Crippen molar-refractivity contribution in [3.63, 3.8) is 0 Å². The monoisotopic (exact) mass is 262 g/mol. The van der Waals surface area contributed by atoms with Crippen molar-refractivity contribution < 1.29 is 9.15 Å². The van der Waals surface area contributed by atoms with Gasteiger partial charge in [0, 0.05) is 13.7 Å². The van der Waals surface area contributed by atoms with E-state index in [0.29, 0.717) is 0 Å². The number of ether oxygens (including phenoxy) is 1. The molecule has 6 heteroatoms. The van der Waals surface area contributed by atoms with Gasteiger partial charge in [-0.05, 0) is 25.5 Å². The molecular formula is C13H18N4O2. The van der Waals surface area contributed by atoms with Crippen molar-refractivity contribution >= 4 is 0 Å². The lowest BCUT2D eigenvalue weighted by Crippen LogP contribution is -2.25. The Balaban J connectivity index is 1.77. The van der Waals surface area contributed by atoms with Crippen LogP contribution in [0.2, 0.25) is 0 Å². The second kappa shape index (κ2) is 5.14. The first-order chi connectivity index (χ1) is 9.26. The summed E-state index contributed by atoms with van der Waals surface area (Å²) in [6.45, 7) is 3.60. The molecule has 0 aliphatic carbocycles. The summed E-state index contributed by atoms with van der Waals surface area (Å²) in [5.74, 6) is 2.80. The van der Waals surface area contributed by atoms with Crippen molar-refractivity contribution in [2.75, 3.05) is 13.7 Å². The normalized spacial score (nSPS) is 24.1. The molecule has 0 aromatic carbocycles. The molecule has 6 nitrogen and oxygen atoms in total. The van der Waals surface area contributed by atoms with Crippen LogP contribution in [0.5, 0.6) is 0 Å². The summed E-state index contributed by atoms with van der Waals surface area (Å²) in [6.07, 6.45) is 2.70. The van der Waals surface area contributed by atoms with E-state index in [9.17, 15) is 0 Å². The smallest absolute Gasteiger partial charge is 0.141 e. The maximum Gasteiger partial charge on any atom is 0.141 e. The van der Waals surface area contributed by atoms with Crippen LogP contribution in [-0.2, 0) is 11.3 Å². The molecule has 1 fully saturated rings. The summed E-state index contributed by atoms with van der Waals surface area (Å²) >= 11 is 0. The average Bonchev–Trinajstić information content (AvgIpc) is 3.10. The van der Waals surface area contributed by atoms with Gasteiger partial charge >= 0.3 is 0 Å². The third kappa shape index (κ3) is 2.54. The van der Waals surface area contributed by atoms with Crippen LogP contribution in [0.1, 0.15) is 29.8 Å². The molecule has 1 saturated heterocycles. The van der Waals surface area contributed by atoms with E-state index >= 15 is 0 Å². The van der Waals surface area contributed by atoms with Gasteiger partial charge in [0.15, 0.2) is 0 Å². The van der Waals surface area contributed by atoms with Crippen molar-refractivity contribution in [2.45, 2.75) is 32.0 Å². The van der Waals surface area contributed by atoms with Gasteiger partial charge in [0.1, 0.15) is 23.7 Å². The quantitative estimate of drug-likeness (QED) is 0.907. The Morgan fingerprint density at radius 2 is 2.42 bits per heavy atom. The summed E-state index contributed by atoms with van der Waals surface area (Å²) in [5, 5.41) is 6.89. The van der Waals surface area contributed by atoms with Crippen molar-refractivity contribution in [2.24, 2.45) is 0 Å². The minimum atomic E-state index is 0.206. The number of hydrogen-bond donors (Lipinski definition) is 1. The number of likely N-dealkylation sites (tertiary alicyclic amines) is 1. The number of rotatable bonds is 4. The van der Waals surface area contributed by atoms with Crippen LogP contribution in [0, 0.1) is 6.92 Å². The molecule has 1 aliphatic heterocycles. The Kier molecular flexibility index (Phi) is 3.35. The Labute approximate surface area is 111 Å². The lowest BCUT2D eigenvalue weighted by molar-refractivity contribution is 0.106. The van der Waals surface area contributed by atoms with E-state index in [0.717, 1.165) is 36.9 Å². The number of aryl methyl sites for hydroxylation is 1. The average molecular weight is 262 g/mol. The van der Waals surface area contributed by atoms with Crippen molar-refractivity contribution in [3.8, 4) is 0 Å². The largest absolute Gasteiger partial charge is 0.465 e. The highest BCUT2D eigenvalue weighted by atomic mass is 16.5. The maximum atomic E-state index is 5.65. The molecule has 1 N–H and O–H groups in total. The van der Waals surface area contributed by atoms with Crippen LogP contribution in [0.25, 0.3) is 0 Å². The summed E-state index contributed by atoms with van der Waals surface area (Å²) in [5.41, 5.74) is 0. The molecule has 0 amide bonds. The second-order valence-corrected chi connectivity index (χ2v) is 4.92. The van der Waals surface area contributed by atoms with Gasteiger partial charge in [-0.15, -0.1) is 0 Å². The first kappa shape index (κ1) is 12.4. The van der Waals surface area contributed by atoms with Gasteiger partial charge in [-0.1, -0.05) is 0 Å². The molecule has 3 rings (SSSR count). The number of nitrogens with zero attached hydrogens (tertiary/aromatic N) is 3. The van der Waals surface area contributed by atoms with E-state index < -0.39 is 0 Å². The van der Waals surface area contributed by atoms with Crippen molar-refractivity contribution in [1.82, 2.24) is 20.1 Å². The summed E-state index contributed by atoms with van der Waals surface area (Å²) in [7, 11) is 1.75. The molecule has 0 radical (unpaired) electrons. The Bertz CT molecular complexity index is 522. The molecule has 102 valence electrons. The van der Waals surface area contributed by atoms with Crippen LogP contribution in [0.15, 0.2) is 22.9 Å².